The molecular formula is C21H16F2N2O2. The van der Waals surface area contributed by atoms with E-state index in [1.165, 1.54) is 4.90 Å². The molecule has 0 aliphatic rings. The van der Waals surface area contributed by atoms with Crippen molar-refractivity contribution in [1.29, 1.82) is 0 Å². The summed E-state index contributed by atoms with van der Waals surface area (Å²) < 4.78 is 27.1. The number of benzene rings is 3. The molecule has 1 N–H and O–H groups in total. The van der Waals surface area contributed by atoms with Gasteiger partial charge in [0.2, 0.25) is 0 Å². The van der Waals surface area contributed by atoms with Crippen LogP contribution < -0.4 is 10.2 Å². The molecule has 4 nitrogen and oxygen atoms in total. The van der Waals surface area contributed by atoms with Crippen LogP contribution >= 0.6 is 0 Å². The van der Waals surface area contributed by atoms with Crippen LogP contribution in [0.25, 0.3) is 0 Å². The van der Waals surface area contributed by atoms with Crippen LogP contribution in [-0.2, 0) is 16.1 Å². The smallest absolute Gasteiger partial charge is 0.315 e. The number of nitrogens with zero attached hydrogens (tertiary/aromatic N) is 1. The average Bonchev–Trinajstić information content (AvgIpc) is 2.70. The molecule has 0 aliphatic heterocycles. The van der Waals surface area contributed by atoms with Gasteiger partial charge in [-0.3, -0.25) is 14.5 Å². The number of halogens is 2. The lowest BCUT2D eigenvalue weighted by molar-refractivity contribution is -0.134. The quantitative estimate of drug-likeness (QED) is 0.706. The number of carbonyl (C=O) groups is 2. The van der Waals surface area contributed by atoms with Crippen molar-refractivity contribution in [3.63, 3.8) is 0 Å². The number of para-hydroxylation sites is 1. The summed E-state index contributed by atoms with van der Waals surface area (Å²) in [6, 6.07) is 20.4. The number of nitrogens with one attached hydrogen (secondary N) is 1. The van der Waals surface area contributed by atoms with Gasteiger partial charge in [0.1, 0.15) is 11.6 Å². The molecule has 3 aromatic carbocycles. The molecule has 0 fully saturated rings. The summed E-state index contributed by atoms with van der Waals surface area (Å²) in [7, 11) is 0. The van der Waals surface area contributed by atoms with Gasteiger partial charge in [-0.25, -0.2) is 8.78 Å². The number of rotatable bonds is 4. The zero-order chi connectivity index (χ0) is 19.2. The molecular weight excluding hydrogens is 350 g/mol. The molecule has 136 valence electrons. The highest BCUT2D eigenvalue weighted by atomic mass is 19.1. The molecule has 0 saturated heterocycles. The van der Waals surface area contributed by atoms with Gasteiger partial charge in [0.05, 0.1) is 12.2 Å². The number of anilines is 2. The van der Waals surface area contributed by atoms with Crippen LogP contribution in [0.3, 0.4) is 0 Å². The molecule has 0 aliphatic carbocycles. The Hall–Kier alpha value is -3.54. The van der Waals surface area contributed by atoms with Crippen molar-refractivity contribution in [1.82, 2.24) is 0 Å². The van der Waals surface area contributed by atoms with Gasteiger partial charge in [-0.1, -0.05) is 48.5 Å². The van der Waals surface area contributed by atoms with Crippen LogP contribution in [0.1, 0.15) is 5.56 Å². The van der Waals surface area contributed by atoms with E-state index in [1.54, 1.807) is 30.3 Å². The standard InChI is InChI=1S/C21H16F2N2O2/c22-16-11-12-18(23)19(13-16)24-20(26)21(27)25(17-9-5-2-6-10-17)14-15-7-3-1-4-8-15/h1-13H,14H2,(H,24,26). The van der Waals surface area contributed by atoms with E-state index in [1.807, 2.05) is 30.3 Å². The molecule has 0 atom stereocenters. The third-order valence-electron chi connectivity index (χ3n) is 3.87. The van der Waals surface area contributed by atoms with Gasteiger partial charge in [0.15, 0.2) is 0 Å². The number of hydrogen-bond acceptors (Lipinski definition) is 2. The van der Waals surface area contributed by atoms with Crippen LogP contribution in [-0.4, -0.2) is 11.8 Å². The van der Waals surface area contributed by atoms with Crippen molar-refractivity contribution in [2.24, 2.45) is 0 Å². The van der Waals surface area contributed by atoms with Crippen molar-refractivity contribution in [3.05, 3.63) is 96.1 Å². The van der Waals surface area contributed by atoms with Gasteiger partial charge < -0.3 is 5.32 Å². The molecule has 0 radical (unpaired) electrons. The van der Waals surface area contributed by atoms with Crippen LogP contribution in [0.15, 0.2) is 78.9 Å². The maximum absolute atomic E-state index is 13.8. The summed E-state index contributed by atoms with van der Waals surface area (Å²) in [4.78, 5) is 26.4. The highest BCUT2D eigenvalue weighted by Crippen LogP contribution is 2.19. The Morgan fingerprint density at radius 1 is 0.852 bits per heavy atom. The Morgan fingerprint density at radius 3 is 2.15 bits per heavy atom. The maximum atomic E-state index is 13.8. The van der Waals surface area contributed by atoms with E-state index < -0.39 is 23.4 Å². The Kier molecular flexibility index (Phi) is 5.56. The van der Waals surface area contributed by atoms with E-state index in [4.69, 9.17) is 0 Å². The lowest BCUT2D eigenvalue weighted by atomic mass is 10.2. The molecule has 0 saturated carbocycles. The highest BCUT2D eigenvalue weighted by molar-refractivity contribution is 6.44. The first kappa shape index (κ1) is 18.3. The fraction of sp³-hybridized carbons (Fsp3) is 0.0476. The Bertz CT molecular complexity index is 947. The van der Waals surface area contributed by atoms with Crippen LogP contribution in [0.5, 0.6) is 0 Å². The van der Waals surface area contributed by atoms with Crippen molar-refractivity contribution in [2.75, 3.05) is 10.2 Å². The molecule has 0 aromatic heterocycles. The molecule has 2 amide bonds. The van der Waals surface area contributed by atoms with Crippen LogP contribution in [0.4, 0.5) is 20.2 Å². The second-order valence-electron chi connectivity index (χ2n) is 5.79. The summed E-state index contributed by atoms with van der Waals surface area (Å²) >= 11 is 0. The fourth-order valence-electron chi connectivity index (χ4n) is 2.55. The largest absolute Gasteiger partial charge is 0.316 e. The zero-order valence-electron chi connectivity index (χ0n) is 14.2. The Morgan fingerprint density at radius 2 is 1.48 bits per heavy atom. The van der Waals surface area contributed by atoms with Crippen LogP contribution in [0, 0.1) is 11.6 Å². The molecule has 0 unspecified atom stereocenters. The molecule has 6 heteroatoms. The molecule has 3 aromatic rings. The lowest BCUT2D eigenvalue weighted by Gasteiger charge is -2.22. The first-order chi connectivity index (χ1) is 13.0. The Balaban J connectivity index is 1.86. The summed E-state index contributed by atoms with van der Waals surface area (Å²) in [6.45, 7) is 0.155. The highest BCUT2D eigenvalue weighted by Gasteiger charge is 2.24. The molecule has 0 spiro atoms. The average molecular weight is 366 g/mol. The van der Waals surface area contributed by atoms with Crippen molar-refractivity contribution < 1.29 is 18.4 Å². The third kappa shape index (κ3) is 4.55. The summed E-state index contributed by atoms with van der Waals surface area (Å²) in [6.07, 6.45) is 0. The minimum atomic E-state index is -1.06. The van der Waals surface area contributed by atoms with Gasteiger partial charge in [-0.15, -0.1) is 0 Å². The maximum Gasteiger partial charge on any atom is 0.316 e. The first-order valence-corrected chi connectivity index (χ1v) is 8.21. The molecule has 0 heterocycles. The zero-order valence-corrected chi connectivity index (χ0v) is 14.2. The fourth-order valence-corrected chi connectivity index (χ4v) is 2.55. The monoisotopic (exact) mass is 366 g/mol. The van der Waals surface area contributed by atoms with Gasteiger partial charge >= 0.3 is 11.8 Å². The van der Waals surface area contributed by atoms with Crippen LogP contribution in [0.2, 0.25) is 0 Å². The van der Waals surface area contributed by atoms with Crippen molar-refractivity contribution in [2.45, 2.75) is 6.54 Å². The SMILES string of the molecule is O=C(Nc1cc(F)ccc1F)C(=O)N(Cc1ccccc1)c1ccccc1. The van der Waals surface area contributed by atoms with Gasteiger partial charge in [0.25, 0.3) is 0 Å². The van der Waals surface area contributed by atoms with Crippen molar-refractivity contribution in [3.8, 4) is 0 Å². The van der Waals surface area contributed by atoms with E-state index in [0.29, 0.717) is 5.69 Å². The second-order valence-corrected chi connectivity index (χ2v) is 5.79. The summed E-state index contributed by atoms with van der Waals surface area (Å²) in [5.74, 6) is -3.48. The number of amides is 2. The van der Waals surface area contributed by atoms with Gasteiger partial charge in [0, 0.05) is 11.8 Å². The topological polar surface area (TPSA) is 49.4 Å². The van der Waals surface area contributed by atoms with Crippen molar-refractivity contribution >= 4 is 23.2 Å². The predicted molar refractivity (Wildman–Crippen MR) is 99.1 cm³/mol. The van der Waals surface area contributed by atoms with E-state index >= 15 is 0 Å². The van der Waals surface area contributed by atoms with E-state index in [0.717, 1.165) is 23.8 Å². The second kappa shape index (κ2) is 8.23. The van der Waals surface area contributed by atoms with Gasteiger partial charge in [-0.05, 0) is 29.8 Å². The summed E-state index contributed by atoms with van der Waals surface area (Å²) in [5.41, 5.74) is 0.946. The van der Waals surface area contributed by atoms with E-state index in [-0.39, 0.29) is 12.2 Å². The van der Waals surface area contributed by atoms with E-state index in [2.05, 4.69) is 5.32 Å². The normalized spacial score (nSPS) is 10.3. The lowest BCUT2D eigenvalue weighted by Crippen LogP contribution is -2.39. The molecule has 27 heavy (non-hydrogen) atoms. The predicted octanol–water partition coefficient (Wildman–Crippen LogP) is 4.14. The minimum Gasteiger partial charge on any atom is -0.315 e. The van der Waals surface area contributed by atoms with Gasteiger partial charge in [-0.2, -0.15) is 0 Å². The molecule has 3 rings (SSSR count). The third-order valence-corrected chi connectivity index (χ3v) is 3.87. The summed E-state index contributed by atoms with van der Waals surface area (Å²) in [5, 5.41) is 2.14. The molecule has 0 bridgehead atoms. The Labute approximate surface area is 155 Å². The first-order valence-electron chi connectivity index (χ1n) is 8.21. The number of hydrogen-bond donors (Lipinski definition) is 1. The van der Waals surface area contributed by atoms with E-state index in [9.17, 15) is 18.4 Å². The number of carbonyl (C=O) groups excluding carboxylic acids is 2. The minimum absolute atomic E-state index is 0.155.